The van der Waals surface area contributed by atoms with E-state index in [4.69, 9.17) is 27.3 Å². The Morgan fingerprint density at radius 2 is 1.95 bits per heavy atom. The number of anilines is 1. The summed E-state index contributed by atoms with van der Waals surface area (Å²) in [4.78, 5) is 23.5. The van der Waals surface area contributed by atoms with Gasteiger partial charge in [0.1, 0.15) is 0 Å². The molecule has 1 saturated carbocycles. The van der Waals surface area contributed by atoms with E-state index in [9.17, 15) is 0 Å². The van der Waals surface area contributed by atoms with Gasteiger partial charge in [0.25, 0.3) is 0 Å². The number of hydrogen-bond donors (Lipinski definition) is 1. The van der Waals surface area contributed by atoms with Gasteiger partial charge < -0.3 is 10.6 Å². The highest BCUT2D eigenvalue weighted by atomic mass is 35.5. The molecule has 2 fully saturated rings. The summed E-state index contributed by atoms with van der Waals surface area (Å²) in [5.41, 5.74) is 12.1. The van der Waals surface area contributed by atoms with Gasteiger partial charge in [-0.15, -0.1) is 0 Å². The molecule has 7 nitrogen and oxygen atoms in total. The van der Waals surface area contributed by atoms with Crippen LogP contribution in [-0.4, -0.2) is 37.4 Å². The molecule has 1 saturated heterocycles. The molecule has 7 rings (SSSR count). The maximum absolute atomic E-state index is 6.81. The van der Waals surface area contributed by atoms with Crippen molar-refractivity contribution in [1.29, 1.82) is 0 Å². The van der Waals surface area contributed by atoms with E-state index in [0.717, 1.165) is 82.5 Å². The average molecular weight is 532 g/mol. The van der Waals surface area contributed by atoms with Gasteiger partial charge in [-0.1, -0.05) is 29.4 Å². The third-order valence-corrected chi connectivity index (χ3v) is 10.2. The lowest BCUT2D eigenvalue weighted by Crippen LogP contribution is -2.45. The maximum Gasteiger partial charge on any atom is 0.211 e. The maximum atomic E-state index is 6.81. The van der Waals surface area contributed by atoms with Gasteiger partial charge in [0.15, 0.2) is 5.65 Å². The molecule has 2 aliphatic carbocycles. The summed E-state index contributed by atoms with van der Waals surface area (Å²) in [7, 11) is 0. The molecule has 4 aromatic heterocycles. The van der Waals surface area contributed by atoms with E-state index in [1.165, 1.54) is 24.1 Å². The number of halogens is 1. The molecule has 37 heavy (non-hydrogen) atoms. The summed E-state index contributed by atoms with van der Waals surface area (Å²) >= 11 is 8.45. The molecule has 190 valence electrons. The van der Waals surface area contributed by atoms with Crippen LogP contribution in [0.3, 0.4) is 0 Å². The third-order valence-electron chi connectivity index (χ3n) is 8.45. The number of rotatable bonds is 5. The monoisotopic (exact) mass is 531 g/mol. The molecule has 0 bridgehead atoms. The third kappa shape index (κ3) is 4.01. The highest BCUT2D eigenvalue weighted by Crippen LogP contribution is 2.50. The van der Waals surface area contributed by atoms with Crippen LogP contribution in [-0.2, 0) is 12.8 Å². The predicted molar refractivity (Wildman–Crippen MR) is 146 cm³/mol. The SMILES string of the molecule is Cc1nc(N2CCC3(CC2)Cc2ncccc2[C@H]3N)n2ccnc2c1Sc1ccnc(CC2CC2)c1Cl. The molecule has 5 heterocycles. The molecule has 1 spiro atoms. The Morgan fingerprint density at radius 3 is 2.73 bits per heavy atom. The van der Waals surface area contributed by atoms with Crippen LogP contribution in [0, 0.1) is 18.3 Å². The van der Waals surface area contributed by atoms with Crippen molar-refractivity contribution < 1.29 is 0 Å². The number of nitrogens with zero attached hydrogens (tertiary/aromatic N) is 6. The summed E-state index contributed by atoms with van der Waals surface area (Å²) in [6, 6.07) is 6.20. The Morgan fingerprint density at radius 1 is 1.11 bits per heavy atom. The fraction of sp³-hybridized carbons (Fsp3) is 0.429. The number of piperidine rings is 1. The molecule has 3 aliphatic rings. The van der Waals surface area contributed by atoms with Gasteiger partial charge in [-0.2, -0.15) is 0 Å². The molecule has 1 atom stereocenters. The van der Waals surface area contributed by atoms with E-state index in [2.05, 4.69) is 32.3 Å². The number of aromatic nitrogens is 5. The standard InChI is InChI=1S/C28H30ClN7S/c1-17-24(37-22-6-10-32-20(23(22)29)15-18-4-5-18)26-33-11-14-36(26)27(34-17)35-12-7-28(8-13-35)16-21-19(25(28)30)3-2-9-31-21/h2-3,6,9-11,14,18,25H,4-5,7-8,12-13,15-16,30H2,1H3/t25-/m1/s1. The number of pyridine rings is 2. The minimum Gasteiger partial charge on any atom is -0.342 e. The second-order valence-corrected chi connectivity index (χ2v) is 12.2. The minimum absolute atomic E-state index is 0.0509. The van der Waals surface area contributed by atoms with Gasteiger partial charge in [0.05, 0.1) is 21.3 Å². The lowest BCUT2D eigenvalue weighted by molar-refractivity contribution is 0.186. The van der Waals surface area contributed by atoms with Crippen molar-refractivity contribution in [2.75, 3.05) is 18.0 Å². The van der Waals surface area contributed by atoms with Crippen LogP contribution in [0.15, 0.2) is 52.8 Å². The highest BCUT2D eigenvalue weighted by Gasteiger charge is 2.47. The van der Waals surface area contributed by atoms with Crippen LogP contribution < -0.4 is 10.6 Å². The Kier molecular flexibility index (Phi) is 5.68. The van der Waals surface area contributed by atoms with Gasteiger partial charge in [0.2, 0.25) is 5.95 Å². The van der Waals surface area contributed by atoms with Crippen molar-refractivity contribution in [3.8, 4) is 0 Å². The van der Waals surface area contributed by atoms with E-state index in [1.807, 2.05) is 36.9 Å². The first-order chi connectivity index (χ1) is 18.0. The average Bonchev–Trinajstić information content (AvgIpc) is 3.52. The summed E-state index contributed by atoms with van der Waals surface area (Å²) in [6.45, 7) is 3.89. The molecule has 0 amide bonds. The molecule has 0 aromatic carbocycles. The molecule has 0 radical (unpaired) electrons. The highest BCUT2D eigenvalue weighted by molar-refractivity contribution is 7.99. The van der Waals surface area contributed by atoms with E-state index >= 15 is 0 Å². The van der Waals surface area contributed by atoms with Crippen molar-refractivity contribution >= 4 is 35.0 Å². The van der Waals surface area contributed by atoms with Gasteiger partial charge in [-0.25, -0.2) is 9.97 Å². The van der Waals surface area contributed by atoms with Crippen LogP contribution in [0.1, 0.15) is 54.4 Å². The molecule has 4 aromatic rings. The first-order valence-corrected chi connectivity index (χ1v) is 14.3. The predicted octanol–water partition coefficient (Wildman–Crippen LogP) is 5.43. The fourth-order valence-electron chi connectivity index (χ4n) is 6.08. The van der Waals surface area contributed by atoms with Gasteiger partial charge >= 0.3 is 0 Å². The normalized spacial score (nSPS) is 20.6. The smallest absolute Gasteiger partial charge is 0.211 e. The number of fused-ring (bicyclic) bond motifs is 2. The van der Waals surface area contributed by atoms with Crippen LogP contribution in [0.5, 0.6) is 0 Å². The molecule has 2 N–H and O–H groups in total. The largest absolute Gasteiger partial charge is 0.342 e. The first kappa shape index (κ1) is 23.4. The first-order valence-electron chi connectivity index (χ1n) is 13.1. The summed E-state index contributed by atoms with van der Waals surface area (Å²) < 4.78 is 2.12. The summed E-state index contributed by atoms with van der Waals surface area (Å²) in [6.07, 6.45) is 14.2. The van der Waals surface area contributed by atoms with Crippen molar-refractivity contribution in [2.45, 2.75) is 61.3 Å². The zero-order valence-electron chi connectivity index (χ0n) is 20.9. The number of nitrogens with two attached hydrogens (primary N) is 1. The number of imidazole rings is 1. The molecule has 1 aliphatic heterocycles. The topological polar surface area (TPSA) is 85.2 Å². The van der Waals surface area contributed by atoms with Crippen LogP contribution in [0.4, 0.5) is 5.95 Å². The Labute approximate surface area is 225 Å². The summed E-state index contributed by atoms with van der Waals surface area (Å²) in [5, 5.41) is 0.761. The van der Waals surface area contributed by atoms with Crippen LogP contribution in [0.25, 0.3) is 5.65 Å². The zero-order valence-corrected chi connectivity index (χ0v) is 22.5. The van der Waals surface area contributed by atoms with E-state index in [-0.39, 0.29) is 11.5 Å². The Bertz CT molecular complexity index is 1490. The van der Waals surface area contributed by atoms with Crippen LogP contribution in [0.2, 0.25) is 5.02 Å². The van der Waals surface area contributed by atoms with Crippen LogP contribution >= 0.6 is 23.4 Å². The van der Waals surface area contributed by atoms with Crippen molar-refractivity contribution in [1.82, 2.24) is 24.3 Å². The lowest BCUT2D eigenvalue weighted by Gasteiger charge is -2.42. The van der Waals surface area contributed by atoms with Gasteiger partial charge in [-0.3, -0.25) is 14.4 Å². The van der Waals surface area contributed by atoms with Gasteiger partial charge in [0, 0.05) is 54.5 Å². The quantitative estimate of drug-likeness (QED) is 0.367. The van der Waals surface area contributed by atoms with E-state index in [1.54, 1.807) is 11.8 Å². The van der Waals surface area contributed by atoms with Gasteiger partial charge in [-0.05, 0) is 74.5 Å². The Hall–Kier alpha value is -2.68. The molecule has 9 heteroatoms. The minimum atomic E-state index is 0.0509. The lowest BCUT2D eigenvalue weighted by atomic mass is 9.73. The summed E-state index contributed by atoms with van der Waals surface area (Å²) in [5.74, 6) is 1.68. The number of aryl methyl sites for hydroxylation is 1. The van der Waals surface area contributed by atoms with Crippen molar-refractivity contribution in [3.63, 3.8) is 0 Å². The second kappa shape index (κ2) is 8.96. The Balaban J connectivity index is 1.15. The van der Waals surface area contributed by atoms with Crippen molar-refractivity contribution in [2.24, 2.45) is 17.1 Å². The zero-order chi connectivity index (χ0) is 25.1. The molecular formula is C28H30ClN7S. The molecular weight excluding hydrogens is 502 g/mol. The number of hydrogen-bond acceptors (Lipinski definition) is 7. The van der Waals surface area contributed by atoms with E-state index < -0.39 is 0 Å². The van der Waals surface area contributed by atoms with E-state index in [0.29, 0.717) is 0 Å². The fourth-order valence-corrected chi connectivity index (χ4v) is 7.38. The molecule has 0 unspecified atom stereocenters. The van der Waals surface area contributed by atoms with Crippen molar-refractivity contribution in [3.05, 3.63) is 70.7 Å². The second-order valence-electron chi connectivity index (χ2n) is 10.8.